The van der Waals surface area contributed by atoms with Gasteiger partial charge in [0.05, 0.1) is 31.4 Å². The van der Waals surface area contributed by atoms with Gasteiger partial charge in [0.2, 0.25) is 0 Å². The quantitative estimate of drug-likeness (QED) is 0.717. The maximum absolute atomic E-state index is 12.0. The van der Waals surface area contributed by atoms with Gasteiger partial charge in [-0.15, -0.1) is 0 Å². The predicted octanol–water partition coefficient (Wildman–Crippen LogP) is 5.16. The van der Waals surface area contributed by atoms with Crippen LogP contribution >= 0.6 is 11.6 Å². The van der Waals surface area contributed by atoms with Crippen LogP contribution in [0.4, 0.5) is 5.69 Å². The largest absolute Gasteiger partial charge is 0.497 e. The first-order valence-electron chi connectivity index (χ1n) is 9.65. The van der Waals surface area contributed by atoms with E-state index in [0.29, 0.717) is 17.2 Å². The molecule has 2 aliphatic rings. The summed E-state index contributed by atoms with van der Waals surface area (Å²) in [5, 5.41) is 4.20. The summed E-state index contributed by atoms with van der Waals surface area (Å²) < 4.78 is 16.7. The normalized spacial score (nSPS) is 23.2. The van der Waals surface area contributed by atoms with Gasteiger partial charge >= 0.3 is 5.97 Å². The van der Waals surface area contributed by atoms with Gasteiger partial charge in [-0.1, -0.05) is 17.7 Å². The van der Waals surface area contributed by atoms with E-state index in [0.717, 1.165) is 42.0 Å². The van der Waals surface area contributed by atoms with Crippen LogP contribution in [0.15, 0.2) is 36.4 Å². The minimum atomic E-state index is -0.358. The van der Waals surface area contributed by atoms with Gasteiger partial charge in [-0.2, -0.15) is 0 Å². The fraction of sp³-hybridized carbons (Fsp3) is 0.409. The predicted molar refractivity (Wildman–Crippen MR) is 108 cm³/mol. The Balaban J connectivity index is 1.70. The fourth-order valence-electron chi connectivity index (χ4n) is 4.20. The minimum absolute atomic E-state index is 0.00843. The lowest BCUT2D eigenvalue weighted by Crippen LogP contribution is -2.36. The van der Waals surface area contributed by atoms with Crippen LogP contribution in [0, 0.1) is 5.92 Å². The Morgan fingerprint density at radius 3 is 2.86 bits per heavy atom. The number of carbonyl (C=O) groups is 1. The van der Waals surface area contributed by atoms with Crippen LogP contribution in [0.5, 0.6) is 5.75 Å². The lowest BCUT2D eigenvalue weighted by Gasteiger charge is -2.43. The van der Waals surface area contributed by atoms with E-state index in [1.54, 1.807) is 26.2 Å². The maximum Gasteiger partial charge on any atom is 0.338 e. The van der Waals surface area contributed by atoms with Gasteiger partial charge < -0.3 is 19.5 Å². The third-order valence-corrected chi connectivity index (χ3v) is 5.85. The number of methoxy groups -OCH3 is 1. The first-order valence-corrected chi connectivity index (χ1v) is 10.0. The molecule has 1 fully saturated rings. The number of halogens is 1. The molecule has 0 aliphatic carbocycles. The van der Waals surface area contributed by atoms with E-state index >= 15 is 0 Å². The number of rotatable bonds is 4. The summed E-state index contributed by atoms with van der Waals surface area (Å²) >= 11 is 6.60. The third kappa shape index (κ3) is 3.45. The third-order valence-electron chi connectivity index (χ3n) is 5.52. The summed E-state index contributed by atoms with van der Waals surface area (Å²) in [6.45, 7) is 2.87. The van der Waals surface area contributed by atoms with Crippen molar-refractivity contribution in [2.45, 2.75) is 31.9 Å². The second kappa shape index (κ2) is 8.02. The Morgan fingerprint density at radius 2 is 2.11 bits per heavy atom. The molecule has 5 nitrogen and oxygen atoms in total. The molecule has 2 aromatic carbocycles. The van der Waals surface area contributed by atoms with Crippen molar-refractivity contribution in [1.29, 1.82) is 0 Å². The van der Waals surface area contributed by atoms with Gasteiger partial charge in [-0.05, 0) is 55.7 Å². The number of fused-ring (bicyclic) bond motifs is 3. The fourth-order valence-corrected chi connectivity index (χ4v) is 4.50. The molecule has 1 saturated heterocycles. The van der Waals surface area contributed by atoms with Crippen LogP contribution in [-0.2, 0) is 9.47 Å². The van der Waals surface area contributed by atoms with Gasteiger partial charge in [0.15, 0.2) is 0 Å². The molecule has 2 heterocycles. The lowest BCUT2D eigenvalue weighted by molar-refractivity contribution is -0.0382. The topological polar surface area (TPSA) is 56.8 Å². The number of nitrogens with one attached hydrogen (secondary N) is 1. The molecule has 0 amide bonds. The van der Waals surface area contributed by atoms with Crippen LogP contribution in [-0.4, -0.2) is 26.3 Å². The summed E-state index contributed by atoms with van der Waals surface area (Å²) in [6, 6.07) is 11.4. The van der Waals surface area contributed by atoms with E-state index in [9.17, 15) is 4.79 Å². The van der Waals surface area contributed by atoms with E-state index < -0.39 is 0 Å². The molecule has 6 heteroatoms. The van der Waals surface area contributed by atoms with Gasteiger partial charge in [0.1, 0.15) is 5.75 Å². The summed E-state index contributed by atoms with van der Waals surface area (Å²) in [6.07, 6.45) is 2.04. The smallest absolute Gasteiger partial charge is 0.338 e. The van der Waals surface area contributed by atoms with Gasteiger partial charge in [0, 0.05) is 28.8 Å². The zero-order valence-corrected chi connectivity index (χ0v) is 16.8. The zero-order chi connectivity index (χ0) is 19.7. The van der Waals surface area contributed by atoms with Crippen molar-refractivity contribution >= 4 is 23.3 Å². The summed E-state index contributed by atoms with van der Waals surface area (Å²) in [7, 11) is 1.67. The number of benzene rings is 2. The Hall–Kier alpha value is -2.24. The molecule has 1 N–H and O–H groups in total. The Morgan fingerprint density at radius 1 is 1.25 bits per heavy atom. The van der Waals surface area contributed by atoms with Crippen molar-refractivity contribution in [1.82, 2.24) is 0 Å². The minimum Gasteiger partial charge on any atom is -0.497 e. The monoisotopic (exact) mass is 401 g/mol. The molecule has 2 aromatic rings. The van der Waals surface area contributed by atoms with Crippen molar-refractivity contribution in [2.24, 2.45) is 5.92 Å². The van der Waals surface area contributed by atoms with Crippen LogP contribution in [0.2, 0.25) is 5.02 Å². The number of esters is 1. The van der Waals surface area contributed by atoms with Gasteiger partial charge in [0.25, 0.3) is 0 Å². The highest BCUT2D eigenvalue weighted by atomic mass is 35.5. The molecule has 0 spiro atoms. The standard InChI is InChI=1S/C22H24ClNO4/c1-3-27-22(25)13-6-8-15(18(23)11-13)20-16-5-4-10-28-21(16)17-12-14(26-2)7-9-19(17)24-20/h6-9,11-12,16,20-21,24H,3-5,10H2,1-2H3/t16-,20+,21-/m1/s1. The molecule has 0 unspecified atom stereocenters. The average Bonchev–Trinajstić information content (AvgIpc) is 2.73. The van der Waals surface area contributed by atoms with Crippen LogP contribution < -0.4 is 10.1 Å². The Labute approximate surface area is 169 Å². The zero-order valence-electron chi connectivity index (χ0n) is 16.0. The first kappa shape index (κ1) is 19.1. The first-order chi connectivity index (χ1) is 13.6. The van der Waals surface area contributed by atoms with E-state index in [1.165, 1.54) is 0 Å². The van der Waals surface area contributed by atoms with Crippen LogP contribution in [0.3, 0.4) is 0 Å². The van der Waals surface area contributed by atoms with E-state index in [-0.39, 0.29) is 24.0 Å². The van der Waals surface area contributed by atoms with Gasteiger partial charge in [-0.3, -0.25) is 0 Å². The second-order valence-electron chi connectivity index (χ2n) is 7.13. The molecule has 28 heavy (non-hydrogen) atoms. The Kier molecular flexibility index (Phi) is 5.47. The van der Waals surface area contributed by atoms with Crippen molar-refractivity contribution in [3.8, 4) is 5.75 Å². The highest BCUT2D eigenvalue weighted by molar-refractivity contribution is 6.31. The molecule has 0 radical (unpaired) electrons. The van der Waals surface area contributed by atoms with E-state index in [1.807, 2.05) is 24.3 Å². The Bertz CT molecular complexity index is 885. The molecule has 3 atom stereocenters. The molecule has 0 bridgehead atoms. The van der Waals surface area contributed by atoms with Crippen molar-refractivity contribution in [2.75, 3.05) is 25.6 Å². The molecule has 0 aromatic heterocycles. The summed E-state index contributed by atoms with van der Waals surface area (Å²) in [5.74, 6) is 0.715. The number of hydrogen-bond acceptors (Lipinski definition) is 5. The van der Waals surface area contributed by atoms with E-state index in [2.05, 4.69) is 5.32 Å². The summed E-state index contributed by atoms with van der Waals surface area (Å²) in [4.78, 5) is 12.0. The molecular formula is C22H24ClNO4. The van der Waals surface area contributed by atoms with Crippen molar-refractivity contribution in [3.63, 3.8) is 0 Å². The molecule has 2 aliphatic heterocycles. The molecule has 4 rings (SSSR count). The number of carbonyl (C=O) groups excluding carboxylic acids is 1. The molecular weight excluding hydrogens is 378 g/mol. The van der Waals surface area contributed by atoms with Gasteiger partial charge in [-0.25, -0.2) is 4.79 Å². The molecule has 148 valence electrons. The highest BCUT2D eigenvalue weighted by Gasteiger charge is 2.40. The van der Waals surface area contributed by atoms with Crippen molar-refractivity contribution in [3.05, 3.63) is 58.1 Å². The lowest BCUT2D eigenvalue weighted by atomic mass is 9.77. The molecule has 0 saturated carbocycles. The summed E-state index contributed by atoms with van der Waals surface area (Å²) in [5.41, 5.74) is 3.59. The maximum atomic E-state index is 12.0. The highest BCUT2D eigenvalue weighted by Crippen LogP contribution is 2.50. The number of hydrogen-bond donors (Lipinski definition) is 1. The number of ether oxygens (including phenoxy) is 3. The van der Waals surface area contributed by atoms with Crippen molar-refractivity contribution < 1.29 is 19.0 Å². The van der Waals surface area contributed by atoms with E-state index in [4.69, 9.17) is 25.8 Å². The average molecular weight is 402 g/mol. The van der Waals surface area contributed by atoms with Crippen LogP contribution in [0.25, 0.3) is 0 Å². The number of anilines is 1. The SMILES string of the molecule is CCOC(=O)c1ccc([C@@H]2Nc3ccc(OC)cc3[C@@H]3OCCC[C@H]23)c(Cl)c1. The second-order valence-corrected chi connectivity index (χ2v) is 7.54. The van der Waals surface area contributed by atoms with Crippen LogP contribution in [0.1, 0.15) is 53.4 Å².